The van der Waals surface area contributed by atoms with Crippen LogP contribution in [0.15, 0.2) is 66.0 Å². The van der Waals surface area contributed by atoms with Crippen LogP contribution in [-0.2, 0) is 27.3 Å². The summed E-state index contributed by atoms with van der Waals surface area (Å²) in [5.41, 5.74) is 2.54. The third kappa shape index (κ3) is 7.15. The zero-order chi connectivity index (χ0) is 24.6. The van der Waals surface area contributed by atoms with Crippen molar-refractivity contribution in [2.45, 2.75) is 19.1 Å². The summed E-state index contributed by atoms with van der Waals surface area (Å²) in [4.78, 5) is 29.7. The number of amides is 1. The van der Waals surface area contributed by atoms with E-state index < -0.39 is 0 Å². The predicted octanol–water partition coefficient (Wildman–Crippen LogP) is 4.83. The van der Waals surface area contributed by atoms with E-state index in [1.54, 1.807) is 23.5 Å². The van der Waals surface area contributed by atoms with Gasteiger partial charge in [-0.15, -0.1) is 11.3 Å². The van der Waals surface area contributed by atoms with Gasteiger partial charge in [-0.05, 0) is 46.8 Å². The standard InChI is InChI=1S/C27H29ClN2O4S/c1-33-27(32)22-6-4-20(5-7-22)19-34-25(21-8-10-23(28)11-9-21)18-29-12-14-30(15-13-29)26(31)17-24-3-2-16-35-24/h2-11,16,25H,12-15,17-19H2,1H3. The fourth-order valence-electron chi connectivity index (χ4n) is 4.07. The Morgan fingerprint density at radius 2 is 1.71 bits per heavy atom. The first-order chi connectivity index (χ1) is 17.0. The molecule has 1 aromatic heterocycles. The Labute approximate surface area is 215 Å². The van der Waals surface area contributed by atoms with E-state index in [0.29, 0.717) is 36.7 Å². The summed E-state index contributed by atoms with van der Waals surface area (Å²) < 4.78 is 11.1. The monoisotopic (exact) mass is 512 g/mol. The number of thiophene rings is 1. The molecule has 0 radical (unpaired) electrons. The first-order valence-corrected chi connectivity index (χ1v) is 12.8. The highest BCUT2D eigenvalue weighted by atomic mass is 35.5. The van der Waals surface area contributed by atoms with Crippen molar-refractivity contribution in [1.29, 1.82) is 0 Å². The molecular formula is C27H29ClN2O4S. The number of piperazine rings is 1. The molecule has 1 fully saturated rings. The van der Waals surface area contributed by atoms with Gasteiger partial charge in [-0.1, -0.05) is 41.9 Å². The van der Waals surface area contributed by atoms with Gasteiger partial charge in [0, 0.05) is 42.6 Å². The van der Waals surface area contributed by atoms with Crippen LogP contribution >= 0.6 is 22.9 Å². The minimum Gasteiger partial charge on any atom is -0.465 e. The smallest absolute Gasteiger partial charge is 0.337 e. The number of carbonyl (C=O) groups is 2. The summed E-state index contributed by atoms with van der Waals surface area (Å²) in [6.45, 7) is 4.16. The van der Waals surface area contributed by atoms with Crippen molar-refractivity contribution in [2.75, 3.05) is 39.8 Å². The van der Waals surface area contributed by atoms with Crippen LogP contribution in [0.4, 0.5) is 0 Å². The molecule has 0 aliphatic carbocycles. The van der Waals surface area contributed by atoms with E-state index >= 15 is 0 Å². The Morgan fingerprint density at radius 1 is 1.00 bits per heavy atom. The number of benzene rings is 2. The number of carbonyl (C=O) groups excluding carboxylic acids is 2. The SMILES string of the molecule is COC(=O)c1ccc(COC(CN2CCN(C(=O)Cc3cccs3)CC2)c2ccc(Cl)cc2)cc1. The topological polar surface area (TPSA) is 59.1 Å². The lowest BCUT2D eigenvalue weighted by Crippen LogP contribution is -2.50. The van der Waals surface area contributed by atoms with Crippen molar-refractivity contribution in [3.63, 3.8) is 0 Å². The maximum absolute atomic E-state index is 12.6. The Hall–Kier alpha value is -2.71. The zero-order valence-electron chi connectivity index (χ0n) is 19.7. The molecule has 1 atom stereocenters. The number of esters is 1. The maximum atomic E-state index is 12.6. The summed E-state index contributed by atoms with van der Waals surface area (Å²) in [6, 6.07) is 19.0. The number of hydrogen-bond acceptors (Lipinski definition) is 6. The number of ether oxygens (including phenoxy) is 2. The zero-order valence-corrected chi connectivity index (χ0v) is 21.3. The molecular weight excluding hydrogens is 484 g/mol. The van der Waals surface area contributed by atoms with Gasteiger partial charge in [0.25, 0.3) is 0 Å². The van der Waals surface area contributed by atoms with E-state index in [1.807, 2.05) is 58.8 Å². The highest BCUT2D eigenvalue weighted by molar-refractivity contribution is 7.10. The Morgan fingerprint density at radius 3 is 2.34 bits per heavy atom. The number of nitrogens with zero attached hydrogens (tertiary/aromatic N) is 2. The quantitative estimate of drug-likeness (QED) is 0.384. The second kappa shape index (κ2) is 12.3. The fraction of sp³-hybridized carbons (Fsp3) is 0.333. The predicted molar refractivity (Wildman–Crippen MR) is 138 cm³/mol. The molecule has 1 unspecified atom stereocenters. The van der Waals surface area contributed by atoms with Gasteiger partial charge in [0.2, 0.25) is 5.91 Å². The molecule has 1 saturated heterocycles. The average Bonchev–Trinajstić information content (AvgIpc) is 3.40. The van der Waals surface area contributed by atoms with Crippen LogP contribution in [0.1, 0.15) is 32.5 Å². The van der Waals surface area contributed by atoms with Crippen LogP contribution in [0, 0.1) is 0 Å². The van der Waals surface area contributed by atoms with Crippen molar-refractivity contribution < 1.29 is 19.1 Å². The molecule has 0 bridgehead atoms. The lowest BCUT2D eigenvalue weighted by atomic mass is 10.1. The van der Waals surface area contributed by atoms with Gasteiger partial charge in [-0.2, -0.15) is 0 Å². The number of halogens is 1. The van der Waals surface area contributed by atoms with Gasteiger partial charge in [0.05, 0.1) is 31.8 Å². The van der Waals surface area contributed by atoms with Gasteiger partial charge in [0.1, 0.15) is 0 Å². The van der Waals surface area contributed by atoms with Crippen molar-refractivity contribution in [2.24, 2.45) is 0 Å². The van der Waals surface area contributed by atoms with E-state index in [1.165, 1.54) is 7.11 Å². The molecule has 8 heteroatoms. The Bertz CT molecular complexity index is 1100. The van der Waals surface area contributed by atoms with Crippen LogP contribution in [0.2, 0.25) is 5.02 Å². The third-order valence-electron chi connectivity index (χ3n) is 6.12. The number of methoxy groups -OCH3 is 1. The fourth-order valence-corrected chi connectivity index (χ4v) is 4.89. The molecule has 6 nitrogen and oxygen atoms in total. The normalized spacial score (nSPS) is 15.1. The van der Waals surface area contributed by atoms with Crippen molar-refractivity contribution in [3.05, 3.63) is 92.6 Å². The second-order valence-corrected chi connectivity index (χ2v) is 9.95. The molecule has 3 aromatic rings. The van der Waals surface area contributed by atoms with Crippen LogP contribution in [-0.4, -0.2) is 61.5 Å². The van der Waals surface area contributed by atoms with Crippen LogP contribution in [0.5, 0.6) is 0 Å². The summed E-state index contributed by atoms with van der Waals surface area (Å²) >= 11 is 7.73. The van der Waals surface area contributed by atoms with Crippen molar-refractivity contribution in [1.82, 2.24) is 9.80 Å². The second-order valence-electron chi connectivity index (χ2n) is 8.48. The van der Waals surface area contributed by atoms with Crippen molar-refractivity contribution in [3.8, 4) is 0 Å². The van der Waals surface area contributed by atoms with Gasteiger partial charge in [-0.3, -0.25) is 9.69 Å². The highest BCUT2D eigenvalue weighted by Gasteiger charge is 2.24. The molecule has 2 heterocycles. The van der Waals surface area contributed by atoms with Gasteiger partial charge >= 0.3 is 5.97 Å². The largest absolute Gasteiger partial charge is 0.465 e. The van der Waals surface area contributed by atoms with E-state index in [0.717, 1.165) is 35.6 Å². The van der Waals surface area contributed by atoms with Crippen molar-refractivity contribution >= 4 is 34.8 Å². The molecule has 1 amide bonds. The minimum absolute atomic E-state index is 0.152. The van der Waals surface area contributed by atoms with E-state index in [4.69, 9.17) is 21.1 Å². The van der Waals surface area contributed by atoms with E-state index in [9.17, 15) is 9.59 Å². The summed E-state index contributed by atoms with van der Waals surface area (Å²) in [5.74, 6) is -0.169. The Balaban J connectivity index is 1.35. The molecule has 2 aromatic carbocycles. The molecule has 1 aliphatic heterocycles. The Kier molecular flexibility index (Phi) is 8.93. The van der Waals surface area contributed by atoms with Crippen LogP contribution < -0.4 is 0 Å². The molecule has 184 valence electrons. The van der Waals surface area contributed by atoms with Gasteiger partial charge in [0.15, 0.2) is 0 Å². The van der Waals surface area contributed by atoms with Crippen LogP contribution in [0.25, 0.3) is 0 Å². The van der Waals surface area contributed by atoms with Crippen LogP contribution in [0.3, 0.4) is 0 Å². The first-order valence-electron chi connectivity index (χ1n) is 11.6. The first kappa shape index (κ1) is 25.4. The summed E-state index contributed by atoms with van der Waals surface area (Å²) in [7, 11) is 1.37. The van der Waals surface area contributed by atoms with Gasteiger partial charge in [-0.25, -0.2) is 4.79 Å². The number of hydrogen-bond donors (Lipinski definition) is 0. The van der Waals surface area contributed by atoms with E-state index in [2.05, 4.69) is 4.90 Å². The van der Waals surface area contributed by atoms with Gasteiger partial charge < -0.3 is 14.4 Å². The van der Waals surface area contributed by atoms with E-state index in [-0.39, 0.29) is 18.0 Å². The molecule has 0 spiro atoms. The molecule has 1 aliphatic rings. The summed E-state index contributed by atoms with van der Waals surface area (Å²) in [6.07, 6.45) is 0.323. The molecule has 0 saturated carbocycles. The molecule has 0 N–H and O–H groups in total. The maximum Gasteiger partial charge on any atom is 0.337 e. The lowest BCUT2D eigenvalue weighted by molar-refractivity contribution is -0.132. The summed E-state index contributed by atoms with van der Waals surface area (Å²) in [5, 5.41) is 2.69. The third-order valence-corrected chi connectivity index (χ3v) is 7.25. The molecule has 4 rings (SSSR count). The molecule has 35 heavy (non-hydrogen) atoms. The lowest BCUT2D eigenvalue weighted by Gasteiger charge is -2.36. The average molecular weight is 513 g/mol. The number of rotatable bonds is 9. The minimum atomic E-state index is -0.357. The highest BCUT2D eigenvalue weighted by Crippen LogP contribution is 2.24.